The number of rotatable bonds is 7. The summed E-state index contributed by atoms with van der Waals surface area (Å²) in [5, 5.41) is 3.52. The second kappa shape index (κ2) is 8.06. The van der Waals surface area contributed by atoms with Gasteiger partial charge in [0.25, 0.3) is 0 Å². The van der Waals surface area contributed by atoms with Gasteiger partial charge in [0, 0.05) is 7.11 Å². The van der Waals surface area contributed by atoms with E-state index in [-0.39, 0.29) is 6.04 Å². The zero-order valence-corrected chi connectivity index (χ0v) is 11.9. The fourth-order valence-electron chi connectivity index (χ4n) is 1.91. The average Bonchev–Trinajstić information content (AvgIpc) is 2.35. The van der Waals surface area contributed by atoms with Crippen LogP contribution in [0.4, 0.5) is 0 Å². The van der Waals surface area contributed by atoms with E-state index in [1.54, 1.807) is 7.11 Å². The Labute approximate surface area is 115 Å². The number of unbranched alkanes of at least 4 members (excludes halogenated alkanes) is 1. The van der Waals surface area contributed by atoms with Crippen LogP contribution in [0.3, 0.4) is 0 Å². The van der Waals surface area contributed by atoms with E-state index in [0.29, 0.717) is 11.7 Å². The molecular weight excluding hydrogens is 244 g/mol. The Hall–Kier alpha value is -1.13. The lowest BCUT2D eigenvalue weighted by atomic mass is 10.00. The van der Waals surface area contributed by atoms with Crippen molar-refractivity contribution < 1.29 is 4.74 Å². The molecule has 0 saturated carbocycles. The van der Waals surface area contributed by atoms with E-state index >= 15 is 0 Å². The Morgan fingerprint density at radius 3 is 2.56 bits per heavy atom. The van der Waals surface area contributed by atoms with Gasteiger partial charge in [0.2, 0.25) is 0 Å². The van der Waals surface area contributed by atoms with E-state index in [4.69, 9.17) is 22.7 Å². The van der Waals surface area contributed by atoms with E-state index in [1.165, 1.54) is 11.1 Å². The molecule has 1 atom stereocenters. The van der Waals surface area contributed by atoms with Gasteiger partial charge in [-0.05, 0) is 29.8 Å². The fourth-order valence-corrected chi connectivity index (χ4v) is 2.06. The van der Waals surface area contributed by atoms with Crippen LogP contribution in [0.1, 0.15) is 43.4 Å². The molecule has 3 N–H and O–H groups in total. The monoisotopic (exact) mass is 266 g/mol. The van der Waals surface area contributed by atoms with Crippen molar-refractivity contribution in [3.05, 3.63) is 35.4 Å². The van der Waals surface area contributed by atoms with Gasteiger partial charge in [-0.25, -0.2) is 0 Å². The molecule has 18 heavy (non-hydrogen) atoms. The summed E-state index contributed by atoms with van der Waals surface area (Å²) in [6.45, 7) is 2.82. The summed E-state index contributed by atoms with van der Waals surface area (Å²) >= 11 is 4.94. The maximum absolute atomic E-state index is 5.58. The second-order valence-corrected chi connectivity index (χ2v) is 4.82. The maximum Gasteiger partial charge on any atom is 0.164 e. The summed E-state index contributed by atoms with van der Waals surface area (Å²) in [5.74, 6) is 0. The van der Waals surface area contributed by atoms with Gasteiger partial charge in [-0.1, -0.05) is 44.0 Å². The number of hydrogen-bond acceptors (Lipinski definition) is 2. The summed E-state index contributed by atoms with van der Waals surface area (Å²) in [4.78, 5) is 0. The largest absolute Gasteiger partial charge is 0.380 e. The molecule has 1 aromatic rings. The number of hydrogen-bond donors (Lipinski definition) is 2. The number of ether oxygens (including phenoxy) is 1. The number of nitrogens with one attached hydrogen (secondary N) is 1. The Bertz CT molecular complexity index is 365. The molecule has 1 rings (SSSR count). The van der Waals surface area contributed by atoms with Crippen LogP contribution in [0.2, 0.25) is 0 Å². The molecule has 0 heterocycles. The first-order valence-electron chi connectivity index (χ1n) is 6.31. The molecule has 0 aliphatic heterocycles. The standard InChI is InChI=1S/C14H22N2OS/c1-3-4-5-13(16-14(15)18)12-8-6-11(7-9-12)10-17-2/h6-9,13H,3-5,10H2,1-2H3,(H3,15,16,18)/t13-/m0/s1. The lowest BCUT2D eigenvalue weighted by Gasteiger charge is -2.19. The molecule has 0 saturated heterocycles. The van der Waals surface area contributed by atoms with Gasteiger partial charge < -0.3 is 15.8 Å². The highest BCUT2D eigenvalue weighted by Gasteiger charge is 2.10. The highest BCUT2D eigenvalue weighted by atomic mass is 32.1. The minimum absolute atomic E-state index is 0.207. The van der Waals surface area contributed by atoms with Crippen LogP contribution >= 0.6 is 12.2 Å². The molecule has 0 aliphatic carbocycles. The molecule has 0 amide bonds. The Kier molecular flexibility index (Phi) is 6.68. The van der Waals surface area contributed by atoms with Crippen molar-refractivity contribution in [2.45, 2.75) is 38.8 Å². The number of nitrogens with two attached hydrogens (primary N) is 1. The predicted octanol–water partition coefficient (Wildman–Crippen LogP) is 2.90. The summed E-state index contributed by atoms with van der Waals surface area (Å²) < 4.78 is 5.10. The van der Waals surface area contributed by atoms with Gasteiger partial charge in [0.15, 0.2) is 5.11 Å². The third-order valence-electron chi connectivity index (χ3n) is 2.86. The molecular formula is C14H22N2OS. The maximum atomic E-state index is 5.58. The average molecular weight is 266 g/mol. The molecule has 0 bridgehead atoms. The van der Waals surface area contributed by atoms with Crippen molar-refractivity contribution in [2.75, 3.05) is 7.11 Å². The van der Waals surface area contributed by atoms with E-state index < -0.39 is 0 Å². The minimum Gasteiger partial charge on any atom is -0.380 e. The highest BCUT2D eigenvalue weighted by Crippen LogP contribution is 2.20. The van der Waals surface area contributed by atoms with E-state index in [1.807, 2.05) is 0 Å². The highest BCUT2D eigenvalue weighted by molar-refractivity contribution is 7.80. The Morgan fingerprint density at radius 1 is 1.39 bits per heavy atom. The summed E-state index contributed by atoms with van der Waals surface area (Å²) in [6, 6.07) is 8.59. The molecule has 0 unspecified atom stereocenters. The molecule has 3 nitrogen and oxygen atoms in total. The van der Waals surface area contributed by atoms with Crippen molar-refractivity contribution in [2.24, 2.45) is 5.73 Å². The lowest BCUT2D eigenvalue weighted by Crippen LogP contribution is -2.32. The van der Waals surface area contributed by atoms with Gasteiger partial charge in [0.1, 0.15) is 0 Å². The minimum atomic E-state index is 0.207. The van der Waals surface area contributed by atoms with Crippen LogP contribution in [-0.2, 0) is 11.3 Å². The van der Waals surface area contributed by atoms with Gasteiger partial charge in [-0.15, -0.1) is 0 Å². The molecule has 4 heteroatoms. The second-order valence-electron chi connectivity index (χ2n) is 4.38. The molecule has 100 valence electrons. The van der Waals surface area contributed by atoms with Crippen molar-refractivity contribution in [1.29, 1.82) is 0 Å². The van der Waals surface area contributed by atoms with Crippen LogP contribution in [0.15, 0.2) is 24.3 Å². The molecule has 1 aromatic carbocycles. The first-order valence-corrected chi connectivity index (χ1v) is 6.72. The van der Waals surface area contributed by atoms with Crippen LogP contribution in [0.25, 0.3) is 0 Å². The van der Waals surface area contributed by atoms with Gasteiger partial charge in [0.05, 0.1) is 12.6 Å². The predicted molar refractivity (Wildman–Crippen MR) is 79.3 cm³/mol. The van der Waals surface area contributed by atoms with Crippen molar-refractivity contribution in [3.63, 3.8) is 0 Å². The van der Waals surface area contributed by atoms with Crippen molar-refractivity contribution >= 4 is 17.3 Å². The third-order valence-corrected chi connectivity index (χ3v) is 2.97. The first kappa shape index (κ1) is 14.9. The summed E-state index contributed by atoms with van der Waals surface area (Å²) in [5.41, 5.74) is 7.97. The number of methoxy groups -OCH3 is 1. The first-order chi connectivity index (χ1) is 8.67. The zero-order valence-electron chi connectivity index (χ0n) is 11.1. The van der Waals surface area contributed by atoms with E-state index in [0.717, 1.165) is 19.3 Å². The quantitative estimate of drug-likeness (QED) is 0.745. The molecule has 0 spiro atoms. The smallest absolute Gasteiger partial charge is 0.164 e. The van der Waals surface area contributed by atoms with Gasteiger partial charge in [-0.2, -0.15) is 0 Å². The normalized spacial score (nSPS) is 12.1. The Balaban J connectivity index is 2.73. The van der Waals surface area contributed by atoms with Gasteiger partial charge in [-0.3, -0.25) is 0 Å². The number of thiocarbonyl (C=S) groups is 1. The third kappa shape index (κ3) is 5.02. The molecule has 0 fully saturated rings. The van der Waals surface area contributed by atoms with Crippen molar-refractivity contribution in [3.8, 4) is 0 Å². The fraction of sp³-hybridized carbons (Fsp3) is 0.500. The Morgan fingerprint density at radius 2 is 2.06 bits per heavy atom. The van der Waals surface area contributed by atoms with Crippen LogP contribution in [0.5, 0.6) is 0 Å². The van der Waals surface area contributed by atoms with E-state index in [9.17, 15) is 0 Å². The van der Waals surface area contributed by atoms with Crippen molar-refractivity contribution in [1.82, 2.24) is 5.32 Å². The number of benzene rings is 1. The summed E-state index contributed by atoms with van der Waals surface area (Å²) in [6.07, 6.45) is 3.36. The molecule has 0 radical (unpaired) electrons. The summed E-state index contributed by atoms with van der Waals surface area (Å²) in [7, 11) is 1.70. The van der Waals surface area contributed by atoms with Crippen LogP contribution < -0.4 is 11.1 Å². The lowest BCUT2D eigenvalue weighted by molar-refractivity contribution is 0.185. The molecule has 0 aromatic heterocycles. The zero-order chi connectivity index (χ0) is 13.4. The topological polar surface area (TPSA) is 47.3 Å². The molecule has 0 aliphatic rings. The van der Waals surface area contributed by atoms with Crippen LogP contribution in [-0.4, -0.2) is 12.2 Å². The van der Waals surface area contributed by atoms with Gasteiger partial charge >= 0.3 is 0 Å². The SMILES string of the molecule is CCCC[C@H](NC(N)=S)c1ccc(COC)cc1. The van der Waals surface area contributed by atoms with Crippen LogP contribution in [0, 0.1) is 0 Å². The van der Waals surface area contributed by atoms with E-state index in [2.05, 4.69) is 36.5 Å².